The number of esters is 1. The van der Waals surface area contributed by atoms with Gasteiger partial charge in [-0.25, -0.2) is 9.59 Å². The highest BCUT2D eigenvalue weighted by molar-refractivity contribution is 5.95. The minimum atomic E-state index is -0.608. The summed E-state index contributed by atoms with van der Waals surface area (Å²) in [7, 11) is 2.86. The van der Waals surface area contributed by atoms with Crippen LogP contribution in [0.15, 0.2) is 72.6 Å². The Bertz CT molecular complexity index is 1700. The highest BCUT2D eigenvalue weighted by Crippen LogP contribution is 2.35. The van der Waals surface area contributed by atoms with Crippen molar-refractivity contribution in [2.75, 3.05) is 14.2 Å². The summed E-state index contributed by atoms with van der Waals surface area (Å²) < 4.78 is 26.7. The maximum absolute atomic E-state index is 12.9. The Labute approximate surface area is 210 Å². The second kappa shape index (κ2) is 9.69. The molecule has 3 aromatic heterocycles. The predicted octanol–water partition coefficient (Wildman–Crippen LogP) is 4.76. The molecule has 3 heterocycles. The van der Waals surface area contributed by atoms with E-state index in [9.17, 15) is 14.4 Å². The lowest BCUT2D eigenvalue weighted by Crippen LogP contribution is -2.24. The molecule has 0 aliphatic rings. The molecule has 1 amide bonds. The number of methoxy groups -OCH3 is 2. The second-order valence-electron chi connectivity index (χ2n) is 8.43. The molecule has 0 saturated heterocycles. The zero-order chi connectivity index (χ0) is 26.1. The van der Waals surface area contributed by atoms with Crippen molar-refractivity contribution in [1.29, 1.82) is 0 Å². The molecule has 0 saturated carbocycles. The first-order chi connectivity index (χ1) is 17.9. The largest absolute Gasteiger partial charge is 0.497 e. The summed E-state index contributed by atoms with van der Waals surface area (Å²) in [6.45, 7) is 1.71. The zero-order valence-corrected chi connectivity index (χ0v) is 20.4. The van der Waals surface area contributed by atoms with Gasteiger partial charge in [-0.2, -0.15) is 0 Å². The summed E-state index contributed by atoms with van der Waals surface area (Å²) in [5.74, 6) is 0.992. The standard InChI is InChI=1S/C28H23NO8/c1-15-10-23-25(28(32)35-15)21(13-24(30)29-14-20-8-9-22(36-20)27(31)34-3)26(37-23)18-5-4-17-12-19(33-2)7-6-16(17)11-18/h4-12H,13-14H2,1-3H3,(H,29,30). The number of carbonyl (C=O) groups excluding carboxylic acids is 2. The third-order valence-electron chi connectivity index (χ3n) is 5.98. The SMILES string of the molecule is COC(=O)c1ccc(CNC(=O)Cc2c(-c3ccc4cc(OC)ccc4c3)oc3cc(C)oc(=O)c23)o1. The van der Waals surface area contributed by atoms with Crippen LogP contribution in [0.5, 0.6) is 5.75 Å². The van der Waals surface area contributed by atoms with Crippen LogP contribution in [-0.4, -0.2) is 26.1 Å². The Kier molecular flexibility index (Phi) is 6.27. The van der Waals surface area contributed by atoms with Gasteiger partial charge in [0.15, 0.2) is 0 Å². The molecule has 37 heavy (non-hydrogen) atoms. The lowest BCUT2D eigenvalue weighted by atomic mass is 10.0. The average molecular weight is 501 g/mol. The maximum atomic E-state index is 12.9. The number of rotatable bonds is 7. The second-order valence-corrected chi connectivity index (χ2v) is 8.43. The summed E-state index contributed by atoms with van der Waals surface area (Å²) in [6, 6.07) is 16.1. The number of benzene rings is 2. The first-order valence-electron chi connectivity index (χ1n) is 11.4. The van der Waals surface area contributed by atoms with Gasteiger partial charge in [0, 0.05) is 17.2 Å². The van der Waals surface area contributed by atoms with E-state index in [4.69, 9.17) is 18.0 Å². The van der Waals surface area contributed by atoms with E-state index in [-0.39, 0.29) is 30.0 Å². The minimum Gasteiger partial charge on any atom is -0.497 e. The minimum absolute atomic E-state index is 0.0387. The number of amides is 1. The molecule has 0 radical (unpaired) electrons. The molecule has 5 rings (SSSR count). The monoisotopic (exact) mass is 501 g/mol. The van der Waals surface area contributed by atoms with Crippen molar-refractivity contribution in [2.24, 2.45) is 0 Å². The lowest BCUT2D eigenvalue weighted by molar-refractivity contribution is -0.120. The van der Waals surface area contributed by atoms with Gasteiger partial charge in [-0.15, -0.1) is 0 Å². The molecule has 0 unspecified atom stereocenters. The molecule has 0 spiro atoms. The molecule has 0 bridgehead atoms. The lowest BCUT2D eigenvalue weighted by Gasteiger charge is -2.07. The van der Waals surface area contributed by atoms with Crippen LogP contribution in [0.1, 0.15) is 27.6 Å². The van der Waals surface area contributed by atoms with Crippen LogP contribution in [0.25, 0.3) is 33.1 Å². The van der Waals surface area contributed by atoms with Crippen molar-refractivity contribution < 1.29 is 32.3 Å². The quantitative estimate of drug-likeness (QED) is 0.317. The molecule has 0 fully saturated rings. The summed E-state index contributed by atoms with van der Waals surface area (Å²) in [5.41, 5.74) is 0.897. The van der Waals surface area contributed by atoms with Gasteiger partial charge in [-0.05, 0) is 48.0 Å². The van der Waals surface area contributed by atoms with Gasteiger partial charge in [-0.1, -0.05) is 18.2 Å². The molecule has 188 valence electrons. The third-order valence-corrected chi connectivity index (χ3v) is 5.98. The van der Waals surface area contributed by atoms with Crippen LogP contribution in [0, 0.1) is 6.92 Å². The molecule has 9 heteroatoms. The van der Waals surface area contributed by atoms with E-state index in [2.05, 4.69) is 10.1 Å². The first-order valence-corrected chi connectivity index (χ1v) is 11.4. The van der Waals surface area contributed by atoms with Crippen molar-refractivity contribution in [3.8, 4) is 17.1 Å². The highest BCUT2D eigenvalue weighted by atomic mass is 16.5. The third kappa shape index (κ3) is 4.71. The van der Waals surface area contributed by atoms with Crippen molar-refractivity contribution in [3.63, 3.8) is 0 Å². The summed E-state index contributed by atoms with van der Waals surface area (Å²) in [5, 5.41) is 4.88. The van der Waals surface area contributed by atoms with Gasteiger partial charge in [0.25, 0.3) is 0 Å². The number of carbonyl (C=O) groups is 2. The molecule has 0 atom stereocenters. The molecular formula is C28H23NO8. The number of aryl methyl sites for hydroxylation is 1. The van der Waals surface area contributed by atoms with Crippen LogP contribution in [0.4, 0.5) is 0 Å². The Morgan fingerprint density at radius 3 is 2.49 bits per heavy atom. The average Bonchev–Trinajstić information content (AvgIpc) is 3.51. The van der Waals surface area contributed by atoms with Crippen LogP contribution < -0.4 is 15.7 Å². The smallest absolute Gasteiger partial charge is 0.373 e. The van der Waals surface area contributed by atoms with Gasteiger partial charge < -0.3 is 28.0 Å². The van der Waals surface area contributed by atoms with Crippen molar-refractivity contribution >= 4 is 33.6 Å². The predicted molar refractivity (Wildman–Crippen MR) is 135 cm³/mol. The summed E-state index contributed by atoms with van der Waals surface area (Å²) in [6.07, 6.45) is -0.138. The first kappa shape index (κ1) is 23.9. The number of fused-ring (bicyclic) bond motifs is 2. The Balaban J connectivity index is 1.48. The summed E-state index contributed by atoms with van der Waals surface area (Å²) >= 11 is 0. The van der Waals surface area contributed by atoms with Gasteiger partial charge >= 0.3 is 11.6 Å². The fourth-order valence-corrected chi connectivity index (χ4v) is 4.21. The molecule has 0 aliphatic carbocycles. The van der Waals surface area contributed by atoms with Gasteiger partial charge in [0.05, 0.1) is 27.2 Å². The van der Waals surface area contributed by atoms with E-state index in [1.807, 2.05) is 36.4 Å². The van der Waals surface area contributed by atoms with Crippen LogP contribution in [0.2, 0.25) is 0 Å². The maximum Gasteiger partial charge on any atom is 0.373 e. The number of ether oxygens (including phenoxy) is 2. The normalized spacial score (nSPS) is 11.1. The van der Waals surface area contributed by atoms with Crippen molar-refractivity contribution in [3.05, 3.63) is 87.9 Å². The number of furan rings is 2. The fraction of sp³-hybridized carbons (Fsp3) is 0.179. The van der Waals surface area contributed by atoms with E-state index in [0.29, 0.717) is 34.0 Å². The van der Waals surface area contributed by atoms with Crippen LogP contribution in [-0.2, 0) is 22.5 Å². The van der Waals surface area contributed by atoms with E-state index < -0.39 is 11.6 Å². The highest BCUT2D eigenvalue weighted by Gasteiger charge is 2.23. The topological polar surface area (TPSA) is 121 Å². The molecular weight excluding hydrogens is 478 g/mol. The van der Waals surface area contributed by atoms with Crippen molar-refractivity contribution in [1.82, 2.24) is 5.32 Å². The van der Waals surface area contributed by atoms with E-state index >= 15 is 0 Å². The molecule has 5 aromatic rings. The molecule has 9 nitrogen and oxygen atoms in total. The fourth-order valence-electron chi connectivity index (χ4n) is 4.21. The Morgan fingerprint density at radius 2 is 1.70 bits per heavy atom. The van der Waals surface area contributed by atoms with Gasteiger partial charge in [-0.3, -0.25) is 4.79 Å². The van der Waals surface area contributed by atoms with Gasteiger partial charge in [0.2, 0.25) is 11.7 Å². The number of hydrogen-bond acceptors (Lipinski definition) is 8. The molecule has 1 N–H and O–H groups in total. The van der Waals surface area contributed by atoms with Gasteiger partial charge in [0.1, 0.15) is 34.0 Å². The van der Waals surface area contributed by atoms with E-state index in [1.165, 1.54) is 13.2 Å². The Hall–Kier alpha value is -4.79. The number of hydrogen-bond donors (Lipinski definition) is 1. The summed E-state index contributed by atoms with van der Waals surface area (Å²) in [4.78, 5) is 37.3. The van der Waals surface area contributed by atoms with Crippen LogP contribution >= 0.6 is 0 Å². The van der Waals surface area contributed by atoms with Crippen LogP contribution in [0.3, 0.4) is 0 Å². The number of nitrogens with one attached hydrogen (secondary N) is 1. The molecule has 2 aromatic carbocycles. The van der Waals surface area contributed by atoms with E-state index in [0.717, 1.165) is 16.5 Å². The van der Waals surface area contributed by atoms with Crippen molar-refractivity contribution in [2.45, 2.75) is 19.9 Å². The van der Waals surface area contributed by atoms with E-state index in [1.54, 1.807) is 26.2 Å². The molecule has 0 aliphatic heterocycles. The zero-order valence-electron chi connectivity index (χ0n) is 20.4. The Morgan fingerprint density at radius 1 is 0.919 bits per heavy atom.